The second-order valence-corrected chi connectivity index (χ2v) is 8.53. The summed E-state index contributed by atoms with van der Waals surface area (Å²) in [5.41, 5.74) is 2.17. The lowest BCUT2D eigenvalue weighted by atomic mass is 9.82. The van der Waals surface area contributed by atoms with Gasteiger partial charge in [0.05, 0.1) is 10.9 Å². The first-order chi connectivity index (χ1) is 14.9. The van der Waals surface area contributed by atoms with Crippen LogP contribution in [0.5, 0.6) is 0 Å². The number of aromatic nitrogens is 2. The SMILES string of the molecule is CC.CC.CCC(CC(CC)C(C)NCCSC)c1ccc2c(=O)n(C)c(C)nc2c1. The molecule has 0 amide bonds. The Labute approximate surface area is 195 Å². The number of nitrogens with zero attached hydrogens (tertiary/aromatic N) is 2. The molecule has 0 aliphatic heterocycles. The van der Waals surface area contributed by atoms with Gasteiger partial charge in [-0.3, -0.25) is 9.36 Å². The molecule has 3 atom stereocenters. The Morgan fingerprint density at radius 3 is 2.32 bits per heavy atom. The number of nitrogens with one attached hydrogen (secondary N) is 1. The van der Waals surface area contributed by atoms with Gasteiger partial charge >= 0.3 is 0 Å². The molecule has 0 fully saturated rings. The Bertz CT molecular complexity index is 803. The van der Waals surface area contributed by atoms with Crippen LogP contribution in [0.25, 0.3) is 10.9 Å². The van der Waals surface area contributed by atoms with Crippen LogP contribution in [-0.4, -0.2) is 34.1 Å². The van der Waals surface area contributed by atoms with Crippen molar-refractivity contribution in [2.75, 3.05) is 18.6 Å². The van der Waals surface area contributed by atoms with E-state index in [1.54, 1.807) is 11.6 Å². The Balaban J connectivity index is 0.00000212. The largest absolute Gasteiger partial charge is 0.313 e. The Kier molecular flexibility index (Phi) is 15.6. The monoisotopic (exact) mass is 449 g/mol. The normalized spacial score (nSPS) is 13.5. The van der Waals surface area contributed by atoms with E-state index in [9.17, 15) is 4.79 Å². The molecule has 178 valence electrons. The summed E-state index contributed by atoms with van der Waals surface area (Å²) in [6.45, 7) is 17.8. The van der Waals surface area contributed by atoms with Gasteiger partial charge in [0.1, 0.15) is 5.82 Å². The average Bonchev–Trinajstić information content (AvgIpc) is 2.81. The molecule has 2 rings (SSSR count). The lowest BCUT2D eigenvalue weighted by molar-refractivity contribution is 0.323. The van der Waals surface area contributed by atoms with Crippen LogP contribution in [0.2, 0.25) is 0 Å². The highest BCUT2D eigenvalue weighted by molar-refractivity contribution is 7.98. The fraction of sp³-hybridized carbons (Fsp3) is 0.692. The van der Waals surface area contributed by atoms with E-state index in [1.807, 2.05) is 52.4 Å². The van der Waals surface area contributed by atoms with Crippen molar-refractivity contribution in [3.05, 3.63) is 39.9 Å². The van der Waals surface area contributed by atoms with Gasteiger partial charge in [0, 0.05) is 25.4 Å². The van der Waals surface area contributed by atoms with E-state index in [2.05, 4.69) is 49.5 Å². The number of fused-ring (bicyclic) bond motifs is 1. The van der Waals surface area contributed by atoms with Crippen LogP contribution in [0, 0.1) is 12.8 Å². The number of hydrogen-bond donors (Lipinski definition) is 1. The maximum Gasteiger partial charge on any atom is 0.261 e. The second-order valence-electron chi connectivity index (χ2n) is 7.54. The minimum Gasteiger partial charge on any atom is -0.313 e. The van der Waals surface area contributed by atoms with Crippen LogP contribution < -0.4 is 10.9 Å². The third-order valence-corrected chi connectivity index (χ3v) is 6.49. The molecule has 0 radical (unpaired) electrons. The molecule has 3 unspecified atom stereocenters. The first-order valence-corrected chi connectivity index (χ1v) is 13.5. The van der Waals surface area contributed by atoms with Crippen molar-refractivity contribution in [2.45, 2.75) is 86.6 Å². The average molecular weight is 450 g/mol. The summed E-state index contributed by atoms with van der Waals surface area (Å²) in [5.74, 6) is 3.06. The lowest BCUT2D eigenvalue weighted by Gasteiger charge is -2.28. The highest BCUT2D eigenvalue weighted by atomic mass is 32.2. The van der Waals surface area contributed by atoms with Gasteiger partial charge in [-0.2, -0.15) is 11.8 Å². The molecule has 4 nitrogen and oxygen atoms in total. The second kappa shape index (κ2) is 16.3. The van der Waals surface area contributed by atoms with Crippen LogP contribution >= 0.6 is 11.8 Å². The minimum atomic E-state index is 0.0372. The summed E-state index contributed by atoms with van der Waals surface area (Å²) < 4.78 is 1.62. The first kappa shape index (κ1) is 29.7. The molecule has 0 saturated heterocycles. The van der Waals surface area contributed by atoms with E-state index >= 15 is 0 Å². The summed E-state index contributed by atoms with van der Waals surface area (Å²) in [6, 6.07) is 6.75. The molecule has 0 spiro atoms. The predicted molar refractivity (Wildman–Crippen MR) is 142 cm³/mol. The van der Waals surface area contributed by atoms with Crippen molar-refractivity contribution in [3.63, 3.8) is 0 Å². The molecule has 1 heterocycles. The summed E-state index contributed by atoms with van der Waals surface area (Å²) >= 11 is 1.89. The Hall–Kier alpha value is -1.33. The van der Waals surface area contributed by atoms with Crippen LogP contribution in [0.1, 0.15) is 85.0 Å². The number of thioether (sulfide) groups is 1. The van der Waals surface area contributed by atoms with Crippen molar-refractivity contribution in [3.8, 4) is 0 Å². The lowest BCUT2D eigenvalue weighted by Crippen LogP contribution is -2.35. The van der Waals surface area contributed by atoms with Crippen molar-refractivity contribution >= 4 is 22.7 Å². The quantitative estimate of drug-likeness (QED) is 0.418. The molecule has 0 bridgehead atoms. The van der Waals surface area contributed by atoms with Gasteiger partial charge in [0.25, 0.3) is 5.56 Å². The predicted octanol–water partition coefficient (Wildman–Crippen LogP) is 6.55. The van der Waals surface area contributed by atoms with Crippen molar-refractivity contribution in [2.24, 2.45) is 13.0 Å². The van der Waals surface area contributed by atoms with Gasteiger partial charge in [0.2, 0.25) is 0 Å². The van der Waals surface area contributed by atoms with E-state index in [0.29, 0.717) is 23.3 Å². The summed E-state index contributed by atoms with van der Waals surface area (Å²) in [6.07, 6.45) is 5.59. The fourth-order valence-corrected chi connectivity index (χ4v) is 4.16. The molecule has 1 N–H and O–H groups in total. The fourth-order valence-electron chi connectivity index (χ4n) is 3.84. The van der Waals surface area contributed by atoms with Crippen LogP contribution in [0.15, 0.2) is 23.0 Å². The Morgan fingerprint density at radius 2 is 1.77 bits per heavy atom. The number of aryl methyl sites for hydroxylation is 1. The van der Waals surface area contributed by atoms with E-state index in [1.165, 1.54) is 12.0 Å². The minimum absolute atomic E-state index is 0.0372. The van der Waals surface area contributed by atoms with Gasteiger partial charge in [0.15, 0.2) is 0 Å². The summed E-state index contributed by atoms with van der Waals surface area (Å²) in [7, 11) is 1.78. The van der Waals surface area contributed by atoms with Crippen LogP contribution in [-0.2, 0) is 7.05 Å². The number of hydrogen-bond acceptors (Lipinski definition) is 4. The van der Waals surface area contributed by atoms with E-state index in [4.69, 9.17) is 0 Å². The van der Waals surface area contributed by atoms with Gasteiger partial charge in [-0.15, -0.1) is 0 Å². The Morgan fingerprint density at radius 1 is 1.13 bits per heavy atom. The highest BCUT2D eigenvalue weighted by Gasteiger charge is 2.21. The van der Waals surface area contributed by atoms with Gasteiger partial charge < -0.3 is 5.32 Å². The maximum absolute atomic E-state index is 12.5. The van der Waals surface area contributed by atoms with E-state index < -0.39 is 0 Å². The van der Waals surface area contributed by atoms with Gasteiger partial charge in [-0.05, 0) is 62.5 Å². The van der Waals surface area contributed by atoms with Gasteiger partial charge in [-0.25, -0.2) is 4.98 Å². The first-order valence-electron chi connectivity index (χ1n) is 12.1. The summed E-state index contributed by atoms with van der Waals surface area (Å²) in [5, 5.41) is 4.40. The topological polar surface area (TPSA) is 46.9 Å². The molecule has 0 aliphatic rings. The zero-order valence-electron chi connectivity index (χ0n) is 21.7. The zero-order chi connectivity index (χ0) is 24.0. The standard InChI is InChI=1S/C22H35N3OS.2C2H6/c1-7-17(15(3)23-11-12-27-6)13-18(8-2)19-9-10-20-21(14-19)24-16(4)25(5)22(20)26;2*1-2/h9-10,14-15,17-18,23H,7-8,11-13H2,1-6H3;2*1-2H3. The smallest absolute Gasteiger partial charge is 0.261 e. The highest BCUT2D eigenvalue weighted by Crippen LogP contribution is 2.31. The van der Waals surface area contributed by atoms with E-state index in [-0.39, 0.29) is 5.56 Å². The molecular formula is C26H47N3OS. The molecule has 1 aromatic carbocycles. The van der Waals surface area contributed by atoms with Crippen molar-refractivity contribution in [1.29, 1.82) is 0 Å². The zero-order valence-corrected chi connectivity index (χ0v) is 22.5. The molecule has 2 aromatic rings. The number of benzene rings is 1. The molecule has 5 heteroatoms. The number of rotatable bonds is 10. The molecule has 31 heavy (non-hydrogen) atoms. The van der Waals surface area contributed by atoms with Crippen LogP contribution in [0.3, 0.4) is 0 Å². The van der Waals surface area contributed by atoms with Gasteiger partial charge in [-0.1, -0.05) is 54.0 Å². The third kappa shape index (κ3) is 8.61. The van der Waals surface area contributed by atoms with Crippen LogP contribution in [0.4, 0.5) is 0 Å². The van der Waals surface area contributed by atoms with Crippen molar-refractivity contribution in [1.82, 2.24) is 14.9 Å². The molecule has 0 aliphatic carbocycles. The van der Waals surface area contributed by atoms with Crippen molar-refractivity contribution < 1.29 is 0 Å². The van der Waals surface area contributed by atoms with E-state index in [0.717, 1.165) is 36.5 Å². The molecule has 0 saturated carbocycles. The molecule has 1 aromatic heterocycles. The third-order valence-electron chi connectivity index (χ3n) is 5.88. The molecular weight excluding hydrogens is 402 g/mol. The summed E-state index contributed by atoms with van der Waals surface area (Å²) in [4.78, 5) is 17.1. The maximum atomic E-state index is 12.5.